The average molecular weight is 506 g/mol. The van der Waals surface area contributed by atoms with Gasteiger partial charge in [-0.3, -0.25) is 0 Å². The molecule has 3 N–H and O–H groups in total. The third-order valence-electron chi connectivity index (χ3n) is 5.71. The number of rotatable bonds is 10. The molecule has 0 aliphatic rings. The monoisotopic (exact) mass is 505 g/mol. The highest BCUT2D eigenvalue weighted by molar-refractivity contribution is 5.67. The minimum absolute atomic E-state index is 0.106. The molecule has 9 heteroatoms. The van der Waals surface area contributed by atoms with Crippen LogP contribution in [0.3, 0.4) is 0 Å². The Bertz CT molecular complexity index is 1500. The van der Waals surface area contributed by atoms with Crippen molar-refractivity contribution in [3.05, 3.63) is 96.8 Å². The number of nitrogens with zero attached hydrogens (tertiary/aromatic N) is 5. The van der Waals surface area contributed by atoms with E-state index >= 15 is 0 Å². The van der Waals surface area contributed by atoms with Crippen molar-refractivity contribution in [3.8, 4) is 34.1 Å². The van der Waals surface area contributed by atoms with Crippen molar-refractivity contribution < 1.29 is 9.84 Å². The number of nitrogens with one attached hydrogen (secondary N) is 2. The maximum atomic E-state index is 8.99. The number of aliphatic hydroxyl groups is 1. The molecule has 0 amide bonds. The third-order valence-corrected chi connectivity index (χ3v) is 5.71. The van der Waals surface area contributed by atoms with E-state index in [0.29, 0.717) is 42.1 Å². The fourth-order valence-corrected chi connectivity index (χ4v) is 3.75. The number of ether oxygens (including phenoxy) is 1. The van der Waals surface area contributed by atoms with Gasteiger partial charge in [-0.25, -0.2) is 15.0 Å². The van der Waals surface area contributed by atoms with Gasteiger partial charge in [-0.1, -0.05) is 30.3 Å². The van der Waals surface area contributed by atoms with Gasteiger partial charge in [0.05, 0.1) is 17.0 Å². The van der Waals surface area contributed by atoms with Gasteiger partial charge in [-0.2, -0.15) is 0 Å². The quantitative estimate of drug-likeness (QED) is 0.207. The molecule has 0 aliphatic carbocycles. The first kappa shape index (κ1) is 24.8. The number of aromatic nitrogens is 5. The minimum atomic E-state index is 0.106. The molecule has 9 nitrogen and oxygen atoms in total. The van der Waals surface area contributed by atoms with Gasteiger partial charge in [-0.15, -0.1) is 10.2 Å². The molecule has 0 unspecified atom stereocenters. The smallest absolute Gasteiger partial charge is 0.228 e. The lowest BCUT2D eigenvalue weighted by molar-refractivity contribution is 0.292. The predicted molar refractivity (Wildman–Crippen MR) is 147 cm³/mol. The Balaban J connectivity index is 1.28. The Morgan fingerprint density at radius 3 is 2.47 bits per heavy atom. The molecule has 0 saturated carbocycles. The van der Waals surface area contributed by atoms with Gasteiger partial charge in [0, 0.05) is 36.8 Å². The van der Waals surface area contributed by atoms with Crippen LogP contribution in [0.1, 0.15) is 12.0 Å². The van der Waals surface area contributed by atoms with Crippen LogP contribution in [0.2, 0.25) is 0 Å². The second-order valence-corrected chi connectivity index (χ2v) is 8.50. The van der Waals surface area contributed by atoms with Crippen molar-refractivity contribution in [2.75, 3.05) is 23.8 Å². The molecule has 0 fully saturated rings. The van der Waals surface area contributed by atoms with Crippen LogP contribution in [0.5, 0.6) is 11.6 Å². The fraction of sp³-hybridized carbons (Fsp3) is 0.138. The van der Waals surface area contributed by atoms with Crippen LogP contribution < -0.4 is 15.4 Å². The number of hydrogen-bond donors (Lipinski definition) is 3. The summed E-state index contributed by atoms with van der Waals surface area (Å²) in [6.07, 6.45) is 3.97. The first-order chi connectivity index (χ1) is 18.7. The molecule has 0 saturated heterocycles. The highest BCUT2D eigenvalue weighted by Crippen LogP contribution is 2.31. The summed E-state index contributed by atoms with van der Waals surface area (Å²) in [5, 5.41) is 24.2. The van der Waals surface area contributed by atoms with E-state index in [1.165, 1.54) is 0 Å². The lowest BCUT2D eigenvalue weighted by atomic mass is 10.1. The van der Waals surface area contributed by atoms with E-state index in [0.717, 1.165) is 28.1 Å². The second-order valence-electron chi connectivity index (χ2n) is 8.50. The van der Waals surface area contributed by atoms with Crippen LogP contribution in [-0.4, -0.2) is 43.4 Å². The van der Waals surface area contributed by atoms with Gasteiger partial charge >= 0.3 is 0 Å². The summed E-state index contributed by atoms with van der Waals surface area (Å²) in [5.41, 5.74) is 5.14. The molecule has 3 heterocycles. The van der Waals surface area contributed by atoms with Crippen LogP contribution in [0.15, 0.2) is 91.3 Å². The molecular formula is C29H27N7O2. The number of pyridine rings is 1. The normalized spacial score (nSPS) is 10.7. The van der Waals surface area contributed by atoms with E-state index in [2.05, 4.69) is 35.8 Å². The molecular weight excluding hydrogens is 478 g/mol. The van der Waals surface area contributed by atoms with Gasteiger partial charge in [0.1, 0.15) is 5.75 Å². The molecule has 2 aromatic carbocycles. The predicted octanol–water partition coefficient (Wildman–Crippen LogP) is 5.63. The summed E-state index contributed by atoms with van der Waals surface area (Å²) in [5.74, 6) is 2.24. The Kier molecular flexibility index (Phi) is 7.76. The third kappa shape index (κ3) is 6.08. The van der Waals surface area contributed by atoms with Crippen molar-refractivity contribution in [3.63, 3.8) is 0 Å². The zero-order valence-electron chi connectivity index (χ0n) is 20.9. The number of aryl methyl sites for hydroxylation is 1. The summed E-state index contributed by atoms with van der Waals surface area (Å²) in [6.45, 7) is 2.69. The second kappa shape index (κ2) is 11.9. The van der Waals surface area contributed by atoms with E-state index < -0.39 is 0 Å². The average Bonchev–Trinajstić information content (AvgIpc) is 2.96. The lowest BCUT2D eigenvalue weighted by Gasteiger charge is -2.12. The Hall–Kier alpha value is -4.89. The first-order valence-corrected chi connectivity index (χ1v) is 12.3. The van der Waals surface area contributed by atoms with Crippen molar-refractivity contribution in [2.24, 2.45) is 0 Å². The van der Waals surface area contributed by atoms with Gasteiger partial charge in [-0.05, 0) is 67.4 Å². The molecule has 190 valence electrons. The zero-order valence-corrected chi connectivity index (χ0v) is 20.9. The standard InChI is InChI=1S/C29H27N7O2/c1-20-19-26(21-7-3-2-4-8-21)35-36-27(20)33-22-10-12-23(13-11-22)38-28-24(9-5-15-30-28)25-14-17-32-29(34-25)31-16-6-18-37/h2-5,7-15,17,19,37H,6,16,18H2,1H3,(H,33,36)(H,31,32,34). The maximum Gasteiger partial charge on any atom is 0.228 e. The van der Waals surface area contributed by atoms with E-state index in [1.807, 2.05) is 79.7 Å². The largest absolute Gasteiger partial charge is 0.438 e. The number of benzene rings is 2. The maximum absolute atomic E-state index is 8.99. The Morgan fingerprint density at radius 2 is 1.68 bits per heavy atom. The van der Waals surface area contributed by atoms with Crippen molar-refractivity contribution in [2.45, 2.75) is 13.3 Å². The fourth-order valence-electron chi connectivity index (χ4n) is 3.75. The van der Waals surface area contributed by atoms with Crippen LogP contribution in [-0.2, 0) is 0 Å². The van der Waals surface area contributed by atoms with Gasteiger partial charge < -0.3 is 20.5 Å². The van der Waals surface area contributed by atoms with E-state index in [1.54, 1.807) is 18.5 Å². The molecule has 3 aromatic heterocycles. The van der Waals surface area contributed by atoms with Gasteiger partial charge in [0.15, 0.2) is 5.82 Å². The molecule has 0 atom stereocenters. The number of hydrogen-bond acceptors (Lipinski definition) is 9. The highest BCUT2D eigenvalue weighted by atomic mass is 16.5. The summed E-state index contributed by atoms with van der Waals surface area (Å²) in [7, 11) is 0. The Morgan fingerprint density at radius 1 is 0.842 bits per heavy atom. The molecule has 0 radical (unpaired) electrons. The van der Waals surface area contributed by atoms with Crippen LogP contribution in [0.4, 0.5) is 17.5 Å². The first-order valence-electron chi connectivity index (χ1n) is 12.3. The van der Waals surface area contributed by atoms with E-state index in [4.69, 9.17) is 9.84 Å². The highest BCUT2D eigenvalue weighted by Gasteiger charge is 2.12. The zero-order chi connectivity index (χ0) is 26.2. The summed E-state index contributed by atoms with van der Waals surface area (Å²) >= 11 is 0. The molecule has 0 aliphatic heterocycles. The van der Waals surface area contributed by atoms with Crippen LogP contribution in [0, 0.1) is 6.92 Å². The molecule has 0 bridgehead atoms. The van der Waals surface area contributed by atoms with Gasteiger partial charge in [0.2, 0.25) is 11.8 Å². The van der Waals surface area contributed by atoms with Crippen LogP contribution >= 0.6 is 0 Å². The SMILES string of the molecule is Cc1cc(-c2ccccc2)nnc1Nc1ccc(Oc2ncccc2-c2ccnc(NCCCO)n2)cc1. The summed E-state index contributed by atoms with van der Waals surface area (Å²) in [6, 6.07) is 25.1. The molecule has 5 rings (SSSR count). The van der Waals surface area contributed by atoms with Crippen molar-refractivity contribution in [1.29, 1.82) is 0 Å². The minimum Gasteiger partial charge on any atom is -0.438 e. The molecule has 5 aromatic rings. The number of aliphatic hydroxyl groups excluding tert-OH is 1. The van der Waals surface area contributed by atoms with Crippen LogP contribution in [0.25, 0.3) is 22.5 Å². The topological polar surface area (TPSA) is 118 Å². The summed E-state index contributed by atoms with van der Waals surface area (Å²) in [4.78, 5) is 13.2. The summed E-state index contributed by atoms with van der Waals surface area (Å²) < 4.78 is 6.12. The molecule has 38 heavy (non-hydrogen) atoms. The van der Waals surface area contributed by atoms with Crippen molar-refractivity contribution in [1.82, 2.24) is 25.1 Å². The van der Waals surface area contributed by atoms with E-state index in [9.17, 15) is 0 Å². The van der Waals surface area contributed by atoms with Crippen molar-refractivity contribution >= 4 is 17.5 Å². The lowest BCUT2D eigenvalue weighted by Crippen LogP contribution is -2.07. The molecule has 0 spiro atoms. The van der Waals surface area contributed by atoms with E-state index in [-0.39, 0.29) is 6.61 Å². The van der Waals surface area contributed by atoms with Gasteiger partial charge in [0.25, 0.3) is 0 Å². The number of anilines is 3. The Labute approximate surface area is 220 Å².